The van der Waals surface area contributed by atoms with E-state index in [1.807, 2.05) is 43.3 Å². The SMILES string of the molecule is Cc1ccccc1NC(=O)NCCC[C@H](NC(=O)[C@H](Cc1c[nH]c2ccccc12)NC(=O)OC(C)(C)C)C(=O)N[C@@H](CC(=O)O)C(=O)N[C@@H](Cc1ccccc1)C(N)=O. The third-order valence-electron chi connectivity index (χ3n) is 9.04. The van der Waals surface area contributed by atoms with E-state index >= 15 is 0 Å². The number of primary amides is 1. The fourth-order valence-electron chi connectivity index (χ4n) is 6.11. The van der Waals surface area contributed by atoms with Crippen molar-refractivity contribution >= 4 is 58.3 Å². The summed E-state index contributed by atoms with van der Waals surface area (Å²) in [5.41, 5.74) is 8.25. The highest BCUT2D eigenvalue weighted by molar-refractivity contribution is 5.97. The maximum atomic E-state index is 14.1. The number of ether oxygens (including phenoxy) is 1. The van der Waals surface area contributed by atoms with Gasteiger partial charge in [-0.1, -0.05) is 66.7 Å². The van der Waals surface area contributed by atoms with Crippen LogP contribution < -0.4 is 37.6 Å². The molecule has 10 N–H and O–H groups in total. The Morgan fingerprint density at radius 3 is 2.03 bits per heavy atom. The van der Waals surface area contributed by atoms with Crippen LogP contribution >= 0.6 is 0 Å². The molecule has 4 aromatic rings. The lowest BCUT2D eigenvalue weighted by molar-refractivity contribution is -0.141. The molecule has 1 heterocycles. The second-order valence-corrected chi connectivity index (χ2v) is 15.0. The Balaban J connectivity index is 1.56. The Kier molecular flexibility index (Phi) is 16.0. The average molecular weight is 813 g/mol. The van der Waals surface area contributed by atoms with Gasteiger partial charge in [-0.15, -0.1) is 0 Å². The third kappa shape index (κ3) is 14.5. The molecule has 1 aromatic heterocycles. The number of carboxylic acid groups (broad SMARTS) is 1. The van der Waals surface area contributed by atoms with E-state index in [1.165, 1.54) is 0 Å². The number of rotatable bonds is 19. The van der Waals surface area contributed by atoms with Crippen LogP contribution in [-0.4, -0.2) is 88.1 Å². The summed E-state index contributed by atoms with van der Waals surface area (Å²) in [5, 5.41) is 26.1. The lowest BCUT2D eigenvalue weighted by Gasteiger charge is -2.27. The molecule has 0 saturated carbocycles. The van der Waals surface area contributed by atoms with Crippen LogP contribution in [0, 0.1) is 6.92 Å². The normalized spacial score (nSPS) is 13.2. The number of fused-ring (bicyclic) bond motifs is 1. The zero-order chi connectivity index (χ0) is 43.1. The summed E-state index contributed by atoms with van der Waals surface area (Å²) in [5.74, 6) is -5.04. The van der Waals surface area contributed by atoms with Crippen LogP contribution in [0.5, 0.6) is 0 Å². The third-order valence-corrected chi connectivity index (χ3v) is 9.04. The summed E-state index contributed by atoms with van der Waals surface area (Å²) in [6.07, 6.45) is -0.0627. The van der Waals surface area contributed by atoms with Crippen LogP contribution in [-0.2, 0) is 41.6 Å². The fraction of sp³-hybridized carbons (Fsp3) is 0.357. The van der Waals surface area contributed by atoms with Crippen molar-refractivity contribution in [3.05, 3.63) is 102 Å². The van der Waals surface area contributed by atoms with E-state index in [1.54, 1.807) is 69.4 Å². The zero-order valence-corrected chi connectivity index (χ0v) is 33.4. The van der Waals surface area contributed by atoms with Crippen molar-refractivity contribution in [2.45, 2.75) is 89.6 Å². The number of aromatic nitrogens is 1. The molecule has 0 bridgehead atoms. The number of urea groups is 1. The van der Waals surface area contributed by atoms with Gasteiger partial charge in [0.15, 0.2) is 0 Å². The number of carbonyl (C=O) groups excluding carboxylic acids is 6. The standard InChI is InChI=1S/C42H52N8O9/c1-25-13-8-10-17-29(25)49-40(57)44-20-12-19-31(37(54)48-34(23-35(51)52)39(56)47-32(36(43)53)21-26-14-6-5-7-15-26)46-38(55)33(50-41(58)59-42(2,3)4)22-27-24-45-30-18-11-9-16-28(27)30/h5-11,13-18,24,31-34,45H,12,19-23H2,1-4H3,(H2,43,53)(H,46,55)(H,47,56)(H,48,54)(H,50,58)(H,51,52)(H2,44,49,57)/t31-,32-,33-,34-/m0/s1. The molecule has 17 heteroatoms. The number of nitrogens with two attached hydrogens (primary N) is 1. The highest BCUT2D eigenvalue weighted by Crippen LogP contribution is 2.20. The monoisotopic (exact) mass is 812 g/mol. The molecule has 0 aliphatic rings. The van der Waals surface area contributed by atoms with Crippen molar-refractivity contribution in [3.8, 4) is 0 Å². The first-order valence-corrected chi connectivity index (χ1v) is 19.1. The molecule has 0 unspecified atom stereocenters. The van der Waals surface area contributed by atoms with Gasteiger partial charge in [-0.3, -0.25) is 24.0 Å². The van der Waals surface area contributed by atoms with Crippen molar-refractivity contribution in [3.63, 3.8) is 0 Å². The first-order chi connectivity index (χ1) is 28.0. The number of benzene rings is 3. The van der Waals surface area contributed by atoms with Gasteiger partial charge in [-0.25, -0.2) is 9.59 Å². The van der Waals surface area contributed by atoms with Gasteiger partial charge in [0.2, 0.25) is 23.6 Å². The number of H-pyrrole nitrogens is 1. The minimum atomic E-state index is -1.70. The molecule has 0 aliphatic carbocycles. The van der Waals surface area contributed by atoms with Gasteiger partial charge >= 0.3 is 18.1 Å². The van der Waals surface area contributed by atoms with Gasteiger partial charge in [0.05, 0.1) is 6.42 Å². The van der Waals surface area contributed by atoms with Crippen LogP contribution in [0.3, 0.4) is 0 Å². The molecule has 4 atom stereocenters. The van der Waals surface area contributed by atoms with Crippen molar-refractivity contribution in [1.82, 2.24) is 31.6 Å². The van der Waals surface area contributed by atoms with Crippen LogP contribution in [0.2, 0.25) is 0 Å². The van der Waals surface area contributed by atoms with Gasteiger partial charge in [0.1, 0.15) is 29.8 Å². The molecule has 0 radical (unpaired) electrons. The van der Waals surface area contributed by atoms with Crippen LogP contribution in [0.25, 0.3) is 10.9 Å². The topological polar surface area (TPSA) is 263 Å². The Bertz CT molecular complexity index is 2120. The summed E-state index contributed by atoms with van der Waals surface area (Å²) in [4.78, 5) is 94.7. The molecule has 7 amide bonds. The number of hydrogen-bond donors (Lipinski definition) is 9. The zero-order valence-electron chi connectivity index (χ0n) is 33.4. The van der Waals surface area contributed by atoms with Gasteiger partial charge in [0, 0.05) is 42.2 Å². The Morgan fingerprint density at radius 1 is 0.746 bits per heavy atom. The first kappa shape index (κ1) is 44.8. The van der Waals surface area contributed by atoms with E-state index in [9.17, 15) is 38.7 Å². The summed E-state index contributed by atoms with van der Waals surface area (Å²) in [6.45, 7) is 6.86. The van der Waals surface area contributed by atoms with Crippen LogP contribution in [0.15, 0.2) is 85.1 Å². The number of aromatic amines is 1. The van der Waals surface area contributed by atoms with Crippen molar-refractivity contribution < 1.29 is 43.4 Å². The van der Waals surface area contributed by atoms with E-state index < -0.39 is 77.9 Å². The molecule has 314 valence electrons. The minimum Gasteiger partial charge on any atom is -0.481 e. The number of para-hydroxylation sites is 2. The molecule has 59 heavy (non-hydrogen) atoms. The molecule has 17 nitrogen and oxygen atoms in total. The van der Waals surface area contributed by atoms with Crippen LogP contribution in [0.1, 0.15) is 56.7 Å². The van der Waals surface area contributed by atoms with E-state index in [0.717, 1.165) is 16.5 Å². The average Bonchev–Trinajstić information content (AvgIpc) is 3.58. The molecule has 0 saturated heterocycles. The van der Waals surface area contributed by atoms with E-state index in [4.69, 9.17) is 10.5 Å². The Morgan fingerprint density at radius 2 is 1.36 bits per heavy atom. The number of carboxylic acids is 1. The fourth-order valence-corrected chi connectivity index (χ4v) is 6.11. The molecular weight excluding hydrogens is 761 g/mol. The molecule has 4 rings (SSSR count). The highest BCUT2D eigenvalue weighted by atomic mass is 16.6. The van der Waals surface area contributed by atoms with Gasteiger partial charge in [0.25, 0.3) is 0 Å². The van der Waals surface area contributed by atoms with E-state index in [-0.39, 0.29) is 32.2 Å². The van der Waals surface area contributed by atoms with E-state index in [0.29, 0.717) is 16.8 Å². The molecule has 0 aliphatic heterocycles. The maximum absolute atomic E-state index is 14.1. The largest absolute Gasteiger partial charge is 0.481 e. The predicted molar refractivity (Wildman–Crippen MR) is 220 cm³/mol. The van der Waals surface area contributed by atoms with E-state index in [2.05, 4.69) is 36.9 Å². The number of alkyl carbamates (subject to hydrolysis) is 1. The van der Waals surface area contributed by atoms with Crippen molar-refractivity contribution in [1.29, 1.82) is 0 Å². The molecule has 0 spiro atoms. The molecule has 0 fully saturated rings. The Hall–Kier alpha value is -6.91. The second kappa shape index (κ2) is 21.0. The number of carbonyl (C=O) groups is 7. The quantitative estimate of drug-likeness (QED) is 0.0629. The van der Waals surface area contributed by atoms with Crippen LogP contribution in [0.4, 0.5) is 15.3 Å². The van der Waals surface area contributed by atoms with Gasteiger partial charge in [-0.05, 0) is 69.4 Å². The summed E-state index contributed by atoms with van der Waals surface area (Å²) < 4.78 is 5.43. The summed E-state index contributed by atoms with van der Waals surface area (Å²) in [6, 6.07) is 17.1. The lowest BCUT2D eigenvalue weighted by atomic mass is 10.0. The number of hydrogen-bond acceptors (Lipinski definition) is 8. The summed E-state index contributed by atoms with van der Waals surface area (Å²) in [7, 11) is 0. The number of anilines is 1. The molecule has 3 aromatic carbocycles. The smallest absolute Gasteiger partial charge is 0.408 e. The van der Waals surface area contributed by atoms with Gasteiger partial charge in [-0.2, -0.15) is 0 Å². The Labute approximate surface area is 341 Å². The predicted octanol–water partition coefficient (Wildman–Crippen LogP) is 3.17. The highest BCUT2D eigenvalue weighted by Gasteiger charge is 2.33. The van der Waals surface area contributed by atoms with Crippen molar-refractivity contribution in [2.24, 2.45) is 5.73 Å². The number of amides is 7. The minimum absolute atomic E-state index is 0.00121. The number of aryl methyl sites for hydroxylation is 1. The maximum Gasteiger partial charge on any atom is 0.408 e. The first-order valence-electron chi connectivity index (χ1n) is 19.1. The van der Waals surface area contributed by atoms with Crippen molar-refractivity contribution in [2.75, 3.05) is 11.9 Å². The van der Waals surface area contributed by atoms with Gasteiger partial charge < -0.3 is 52.5 Å². The number of nitrogens with one attached hydrogen (secondary N) is 7. The lowest BCUT2D eigenvalue weighted by Crippen LogP contribution is -2.59. The summed E-state index contributed by atoms with van der Waals surface area (Å²) >= 11 is 0. The number of aliphatic carboxylic acids is 1. The second-order valence-electron chi connectivity index (χ2n) is 15.0. The molecular formula is C42H52N8O9.